The number of ether oxygens (including phenoxy) is 1. The van der Waals surface area contributed by atoms with E-state index < -0.39 is 0 Å². The molecule has 1 aromatic carbocycles. The van der Waals surface area contributed by atoms with Gasteiger partial charge < -0.3 is 20.3 Å². The molecule has 2 aromatic rings. The van der Waals surface area contributed by atoms with Crippen LogP contribution in [0.15, 0.2) is 41.5 Å². The summed E-state index contributed by atoms with van der Waals surface area (Å²) in [5.74, 6) is 1.71. The molecule has 2 heterocycles. The zero-order valence-electron chi connectivity index (χ0n) is 18.1. The molecule has 1 aliphatic heterocycles. The molecule has 1 aromatic heterocycles. The zero-order chi connectivity index (χ0) is 20.6. The maximum atomic E-state index is 5.21. The summed E-state index contributed by atoms with van der Waals surface area (Å²) < 4.78 is 7.08. The minimum Gasteiger partial charge on any atom is -0.497 e. The number of hydrogen-bond donors (Lipinski definition) is 2. The van der Waals surface area contributed by atoms with Crippen molar-refractivity contribution in [1.82, 2.24) is 25.3 Å². The quantitative estimate of drug-likeness (QED) is 0.555. The summed E-state index contributed by atoms with van der Waals surface area (Å²) in [6, 6.07) is 11.0. The molecule has 7 nitrogen and oxygen atoms in total. The van der Waals surface area contributed by atoms with E-state index in [2.05, 4.69) is 41.4 Å². The second kappa shape index (κ2) is 10.3. The molecule has 0 aliphatic carbocycles. The molecule has 0 bridgehead atoms. The van der Waals surface area contributed by atoms with Gasteiger partial charge in [0.15, 0.2) is 5.96 Å². The predicted molar refractivity (Wildman–Crippen MR) is 118 cm³/mol. The Bertz CT molecular complexity index is 775. The average molecular weight is 399 g/mol. The van der Waals surface area contributed by atoms with Gasteiger partial charge in [0.05, 0.1) is 25.0 Å². The Kier molecular flexibility index (Phi) is 7.52. The Hall–Kier alpha value is -2.54. The number of rotatable bonds is 7. The van der Waals surface area contributed by atoms with E-state index in [9.17, 15) is 0 Å². The fraction of sp³-hybridized carbons (Fsp3) is 0.545. The highest BCUT2D eigenvalue weighted by Crippen LogP contribution is 2.15. The lowest BCUT2D eigenvalue weighted by atomic mass is 10.0. The number of likely N-dealkylation sites (tertiary alicyclic amines) is 1. The van der Waals surface area contributed by atoms with E-state index in [-0.39, 0.29) is 0 Å². The van der Waals surface area contributed by atoms with Gasteiger partial charge in [0.25, 0.3) is 0 Å². The fourth-order valence-corrected chi connectivity index (χ4v) is 3.56. The van der Waals surface area contributed by atoms with Crippen LogP contribution < -0.4 is 15.4 Å². The van der Waals surface area contributed by atoms with Crippen LogP contribution in [0.4, 0.5) is 0 Å². The highest BCUT2D eigenvalue weighted by atomic mass is 16.5. The van der Waals surface area contributed by atoms with Crippen LogP contribution in [0.2, 0.25) is 0 Å². The lowest BCUT2D eigenvalue weighted by Gasteiger charge is -2.35. The van der Waals surface area contributed by atoms with Crippen molar-refractivity contribution in [1.29, 1.82) is 0 Å². The second-order valence-electron chi connectivity index (χ2n) is 7.69. The number of guanidine groups is 1. The Morgan fingerprint density at radius 3 is 2.55 bits per heavy atom. The van der Waals surface area contributed by atoms with Crippen molar-refractivity contribution in [2.75, 3.05) is 26.7 Å². The number of aromatic nitrogens is 2. The first-order valence-corrected chi connectivity index (χ1v) is 10.6. The van der Waals surface area contributed by atoms with Gasteiger partial charge in [-0.2, -0.15) is 5.10 Å². The number of benzene rings is 1. The maximum absolute atomic E-state index is 5.21. The van der Waals surface area contributed by atoms with Gasteiger partial charge in [0.2, 0.25) is 0 Å². The Morgan fingerprint density at radius 2 is 1.93 bits per heavy atom. The van der Waals surface area contributed by atoms with Crippen LogP contribution in [0.3, 0.4) is 0 Å². The summed E-state index contributed by atoms with van der Waals surface area (Å²) in [7, 11) is 1.67. The first kappa shape index (κ1) is 21.2. The summed E-state index contributed by atoms with van der Waals surface area (Å²) in [5.41, 5.74) is 1.94. The molecule has 1 aliphatic rings. The average Bonchev–Trinajstić information content (AvgIpc) is 3.22. The molecule has 0 atom stereocenters. The highest BCUT2D eigenvalue weighted by molar-refractivity contribution is 5.80. The van der Waals surface area contributed by atoms with Crippen molar-refractivity contribution in [3.8, 4) is 11.4 Å². The molecule has 1 saturated heterocycles. The van der Waals surface area contributed by atoms with Gasteiger partial charge in [-0.25, -0.2) is 9.67 Å². The van der Waals surface area contributed by atoms with Crippen LogP contribution in [-0.2, 0) is 6.54 Å². The number of hydrogen-bond acceptors (Lipinski definition) is 4. The summed E-state index contributed by atoms with van der Waals surface area (Å²) >= 11 is 0. The topological polar surface area (TPSA) is 66.7 Å². The Labute approximate surface area is 174 Å². The van der Waals surface area contributed by atoms with Crippen LogP contribution in [0.1, 0.15) is 39.3 Å². The molecule has 7 heteroatoms. The monoisotopic (exact) mass is 398 g/mol. The standard InChI is InChI=1S/C22H34N6O/c1-5-23-22(25-18-10-13-27(14-11-18)17(2)3)24-16-19-12-15-28(26-19)20-6-8-21(29-4)9-7-20/h6-9,12,15,17-18H,5,10-11,13-14,16H2,1-4H3,(H2,23,24,25). The number of nitrogens with zero attached hydrogens (tertiary/aromatic N) is 4. The molecular formula is C22H34N6O. The van der Waals surface area contributed by atoms with Crippen molar-refractivity contribution >= 4 is 5.96 Å². The fourth-order valence-electron chi connectivity index (χ4n) is 3.56. The molecule has 0 spiro atoms. The van der Waals surface area contributed by atoms with Gasteiger partial charge in [-0.15, -0.1) is 0 Å². The molecule has 2 N–H and O–H groups in total. The van der Waals surface area contributed by atoms with Gasteiger partial charge >= 0.3 is 0 Å². The largest absolute Gasteiger partial charge is 0.497 e. The van der Waals surface area contributed by atoms with E-state index >= 15 is 0 Å². The minimum absolute atomic E-state index is 0.472. The Morgan fingerprint density at radius 1 is 1.21 bits per heavy atom. The highest BCUT2D eigenvalue weighted by Gasteiger charge is 2.21. The molecular weight excluding hydrogens is 364 g/mol. The predicted octanol–water partition coefficient (Wildman–Crippen LogP) is 2.81. The smallest absolute Gasteiger partial charge is 0.191 e. The molecule has 0 unspecified atom stereocenters. The minimum atomic E-state index is 0.472. The van der Waals surface area contributed by atoms with Gasteiger partial charge in [0, 0.05) is 37.9 Å². The van der Waals surface area contributed by atoms with Crippen molar-refractivity contribution in [3.63, 3.8) is 0 Å². The summed E-state index contributed by atoms with van der Waals surface area (Å²) in [5, 5.41) is 11.6. The van der Waals surface area contributed by atoms with Crippen LogP contribution in [0.25, 0.3) is 5.69 Å². The van der Waals surface area contributed by atoms with E-state index in [1.54, 1.807) is 7.11 Å². The number of piperidine rings is 1. The summed E-state index contributed by atoms with van der Waals surface area (Å²) in [4.78, 5) is 7.29. The van der Waals surface area contributed by atoms with Crippen LogP contribution in [0, 0.1) is 0 Å². The number of nitrogens with one attached hydrogen (secondary N) is 2. The van der Waals surface area contributed by atoms with Gasteiger partial charge in [-0.05, 0) is 63.9 Å². The third-order valence-electron chi connectivity index (χ3n) is 5.33. The van der Waals surface area contributed by atoms with Crippen molar-refractivity contribution in [3.05, 3.63) is 42.2 Å². The number of aliphatic imine (C=N–C) groups is 1. The number of methoxy groups -OCH3 is 1. The van der Waals surface area contributed by atoms with Crippen LogP contribution in [0.5, 0.6) is 5.75 Å². The molecule has 1 fully saturated rings. The van der Waals surface area contributed by atoms with E-state index in [4.69, 9.17) is 9.73 Å². The van der Waals surface area contributed by atoms with Gasteiger partial charge in [-0.3, -0.25) is 0 Å². The van der Waals surface area contributed by atoms with E-state index in [1.807, 2.05) is 41.2 Å². The van der Waals surface area contributed by atoms with Crippen molar-refractivity contribution in [2.45, 2.75) is 52.2 Å². The molecule has 0 radical (unpaired) electrons. The normalized spacial score (nSPS) is 16.2. The van der Waals surface area contributed by atoms with E-state index in [0.29, 0.717) is 18.6 Å². The first-order valence-electron chi connectivity index (χ1n) is 10.6. The molecule has 3 rings (SSSR count). The summed E-state index contributed by atoms with van der Waals surface area (Å²) in [6.07, 6.45) is 4.26. The third-order valence-corrected chi connectivity index (χ3v) is 5.33. The van der Waals surface area contributed by atoms with Crippen molar-refractivity contribution < 1.29 is 4.74 Å². The van der Waals surface area contributed by atoms with Crippen molar-refractivity contribution in [2.24, 2.45) is 4.99 Å². The lowest BCUT2D eigenvalue weighted by molar-refractivity contribution is 0.167. The van der Waals surface area contributed by atoms with Gasteiger partial charge in [-0.1, -0.05) is 0 Å². The summed E-state index contributed by atoms with van der Waals surface area (Å²) in [6.45, 7) is 10.3. The zero-order valence-corrected chi connectivity index (χ0v) is 18.1. The molecule has 0 amide bonds. The maximum Gasteiger partial charge on any atom is 0.191 e. The SMILES string of the molecule is CCNC(=NCc1ccn(-c2ccc(OC)cc2)n1)NC1CCN(C(C)C)CC1. The van der Waals surface area contributed by atoms with Crippen LogP contribution in [-0.4, -0.2) is 59.5 Å². The molecule has 158 valence electrons. The lowest BCUT2D eigenvalue weighted by Crippen LogP contribution is -2.49. The Balaban J connectivity index is 1.58. The van der Waals surface area contributed by atoms with Gasteiger partial charge in [0.1, 0.15) is 5.75 Å². The van der Waals surface area contributed by atoms with Crippen LogP contribution >= 0.6 is 0 Å². The first-order chi connectivity index (χ1) is 14.1. The molecule has 0 saturated carbocycles. The van der Waals surface area contributed by atoms with E-state index in [0.717, 1.165) is 55.6 Å². The van der Waals surface area contributed by atoms with E-state index in [1.165, 1.54) is 0 Å². The second-order valence-corrected chi connectivity index (χ2v) is 7.69. The molecule has 29 heavy (non-hydrogen) atoms. The third kappa shape index (κ3) is 5.97.